The molecule has 13 heteroatoms. The summed E-state index contributed by atoms with van der Waals surface area (Å²) in [5.41, 5.74) is 0. The van der Waals surface area contributed by atoms with Gasteiger partial charge in [0.25, 0.3) is 0 Å². The first-order valence-corrected chi connectivity index (χ1v) is 27.2. The molecule has 0 amide bonds. The zero-order valence-corrected chi connectivity index (χ0v) is 42.2. The molecule has 67 heavy (non-hydrogen) atoms. The summed E-state index contributed by atoms with van der Waals surface area (Å²) in [5, 5.41) is 30.8. The summed E-state index contributed by atoms with van der Waals surface area (Å²) in [6, 6.07) is 0. The lowest BCUT2D eigenvalue weighted by Crippen LogP contribution is -2.60. The van der Waals surface area contributed by atoms with E-state index in [4.69, 9.17) is 18.9 Å². The monoisotopic (exact) mass is 965 g/mol. The van der Waals surface area contributed by atoms with Crippen LogP contribution >= 0.6 is 0 Å². The molecule has 6 unspecified atom stereocenters. The van der Waals surface area contributed by atoms with Gasteiger partial charge in [0.15, 0.2) is 6.29 Å². The van der Waals surface area contributed by atoms with Gasteiger partial charge in [0.05, 0.1) is 19.8 Å². The second-order valence-corrected chi connectivity index (χ2v) is 18.4. The predicted octanol–water partition coefficient (Wildman–Crippen LogP) is 12.0. The molecular weight excluding hydrogens is 873 g/mol. The third kappa shape index (κ3) is 37.8. The van der Waals surface area contributed by atoms with Gasteiger partial charge in [-0.2, -0.15) is 8.42 Å². The molecule has 0 aromatic rings. The van der Waals surface area contributed by atoms with Crippen LogP contribution < -0.4 is 0 Å². The van der Waals surface area contributed by atoms with Crippen molar-refractivity contribution in [1.29, 1.82) is 0 Å². The summed E-state index contributed by atoms with van der Waals surface area (Å²) in [6.45, 7) is 3.77. The summed E-state index contributed by atoms with van der Waals surface area (Å²) < 4.78 is 59.2. The molecule has 0 bridgehead atoms. The second-order valence-electron chi connectivity index (χ2n) is 17.4. The van der Waals surface area contributed by atoms with Crippen LogP contribution in [-0.4, -0.2) is 97.5 Å². The molecule has 1 saturated heterocycles. The van der Waals surface area contributed by atoms with Crippen molar-refractivity contribution >= 4 is 16.4 Å². The maximum atomic E-state index is 12.9. The molecule has 6 atom stereocenters. The summed E-state index contributed by atoms with van der Waals surface area (Å²) in [4.78, 5) is 12.9. The van der Waals surface area contributed by atoms with E-state index in [0.29, 0.717) is 13.0 Å². The van der Waals surface area contributed by atoms with Crippen LogP contribution in [0.15, 0.2) is 85.1 Å². The van der Waals surface area contributed by atoms with Crippen LogP contribution in [-0.2, 0) is 38.3 Å². The van der Waals surface area contributed by atoms with E-state index in [2.05, 4.69) is 103 Å². The van der Waals surface area contributed by atoms with E-state index in [1.165, 1.54) is 77.0 Å². The molecule has 0 aromatic carbocycles. The number of aliphatic hydroxyl groups is 3. The molecule has 1 aliphatic heterocycles. The highest BCUT2D eigenvalue weighted by molar-refractivity contribution is 7.80. The first-order valence-electron chi connectivity index (χ1n) is 25.8. The molecule has 1 rings (SSSR count). The van der Waals surface area contributed by atoms with Crippen molar-refractivity contribution in [2.24, 2.45) is 0 Å². The van der Waals surface area contributed by atoms with Gasteiger partial charge in [-0.25, -0.2) is 4.18 Å². The van der Waals surface area contributed by atoms with Gasteiger partial charge in [-0.15, -0.1) is 0 Å². The molecule has 0 aliphatic carbocycles. The Morgan fingerprint density at radius 2 is 1.03 bits per heavy atom. The largest absolute Gasteiger partial charge is 0.457 e. The molecule has 386 valence electrons. The summed E-state index contributed by atoms with van der Waals surface area (Å²) >= 11 is 0. The fraction of sp³-hybridized carbons (Fsp3) is 0.722. The number of esters is 1. The van der Waals surface area contributed by atoms with Crippen molar-refractivity contribution in [3.63, 3.8) is 0 Å². The fourth-order valence-corrected chi connectivity index (χ4v) is 7.93. The quantitative estimate of drug-likeness (QED) is 0.0197. The Morgan fingerprint density at radius 3 is 1.48 bits per heavy atom. The number of allylic oxidation sites excluding steroid dienone is 14. The topological polar surface area (TPSA) is 178 Å². The number of rotatable bonds is 44. The van der Waals surface area contributed by atoms with Gasteiger partial charge in [-0.1, -0.05) is 195 Å². The average molecular weight is 965 g/mol. The van der Waals surface area contributed by atoms with E-state index >= 15 is 0 Å². The summed E-state index contributed by atoms with van der Waals surface area (Å²) in [7, 11) is -5.07. The van der Waals surface area contributed by atoms with Gasteiger partial charge >= 0.3 is 16.4 Å². The van der Waals surface area contributed by atoms with Crippen molar-refractivity contribution in [3.05, 3.63) is 85.1 Å². The number of unbranched alkanes of at least 4 members (excludes halogenated alkanes) is 17. The van der Waals surface area contributed by atoms with Crippen LogP contribution in [0.25, 0.3) is 0 Å². The highest BCUT2D eigenvalue weighted by atomic mass is 32.3. The number of carbonyl (C=O) groups excluding carboxylic acids is 1. The maximum absolute atomic E-state index is 12.9. The molecule has 0 saturated carbocycles. The first-order chi connectivity index (χ1) is 32.6. The predicted molar refractivity (Wildman–Crippen MR) is 271 cm³/mol. The number of carbonyl (C=O) groups is 1. The van der Waals surface area contributed by atoms with E-state index in [-0.39, 0.29) is 19.6 Å². The second kappa shape index (κ2) is 44.5. The van der Waals surface area contributed by atoms with Crippen LogP contribution in [0.4, 0.5) is 0 Å². The number of aliphatic hydroxyl groups excluding tert-OH is 3. The molecule has 4 N–H and O–H groups in total. The fourth-order valence-electron chi connectivity index (χ4n) is 7.42. The van der Waals surface area contributed by atoms with Crippen LogP contribution in [0.5, 0.6) is 0 Å². The van der Waals surface area contributed by atoms with Crippen molar-refractivity contribution in [1.82, 2.24) is 0 Å². The minimum atomic E-state index is -5.07. The lowest BCUT2D eigenvalue weighted by molar-refractivity contribution is -0.301. The van der Waals surface area contributed by atoms with Crippen molar-refractivity contribution in [2.75, 3.05) is 26.4 Å². The van der Waals surface area contributed by atoms with Crippen LogP contribution in [0.3, 0.4) is 0 Å². The smallest absolute Gasteiger partial charge is 0.397 e. The molecule has 1 heterocycles. The van der Waals surface area contributed by atoms with Gasteiger partial charge in [0.1, 0.15) is 30.5 Å². The Kier molecular flexibility index (Phi) is 41.4. The molecule has 1 aliphatic rings. The van der Waals surface area contributed by atoms with Crippen molar-refractivity contribution < 1.29 is 56.2 Å². The third-order valence-electron chi connectivity index (χ3n) is 11.3. The molecule has 1 fully saturated rings. The normalized spacial score (nSPS) is 20.1. The van der Waals surface area contributed by atoms with Crippen molar-refractivity contribution in [2.45, 2.75) is 224 Å². The van der Waals surface area contributed by atoms with Gasteiger partial charge in [-0.3, -0.25) is 9.35 Å². The van der Waals surface area contributed by atoms with Gasteiger partial charge in [0.2, 0.25) is 0 Å². The number of ether oxygens (including phenoxy) is 4. The highest BCUT2D eigenvalue weighted by Gasteiger charge is 2.48. The third-order valence-corrected chi connectivity index (χ3v) is 11.7. The summed E-state index contributed by atoms with van der Waals surface area (Å²) in [6.07, 6.45) is 50.5. The molecular formula is C54H92O12S. The van der Waals surface area contributed by atoms with Crippen LogP contribution in [0.2, 0.25) is 0 Å². The van der Waals surface area contributed by atoms with Gasteiger partial charge in [0, 0.05) is 13.0 Å². The highest BCUT2D eigenvalue weighted by Crippen LogP contribution is 2.26. The van der Waals surface area contributed by atoms with Crippen LogP contribution in [0, 0.1) is 0 Å². The first kappa shape index (κ1) is 62.3. The Morgan fingerprint density at radius 1 is 0.582 bits per heavy atom. The minimum absolute atomic E-state index is 0.00301. The molecule has 12 nitrogen and oxygen atoms in total. The molecule has 0 spiro atoms. The average Bonchev–Trinajstić information content (AvgIpc) is 3.30. The maximum Gasteiger partial charge on any atom is 0.397 e. The van der Waals surface area contributed by atoms with Gasteiger partial charge < -0.3 is 34.3 Å². The zero-order chi connectivity index (χ0) is 48.9. The van der Waals surface area contributed by atoms with E-state index in [0.717, 1.165) is 83.5 Å². The Labute approximate surface area is 406 Å². The van der Waals surface area contributed by atoms with Crippen molar-refractivity contribution in [3.8, 4) is 0 Å². The SMILES string of the molecule is CC/C=C\C/C=C\C/C=C\C/C=C\C/C=C\C/C=C\C/C=C\CCCCOCC(COC1OC(CO)C(O)C(OS(=O)(=O)O)C1O)OC(=O)CCCCCCCCCCCCCCCCCC. The Balaban J connectivity index is 2.40. The molecule has 0 radical (unpaired) electrons. The lowest BCUT2D eigenvalue weighted by atomic mass is 9.99. The van der Waals surface area contributed by atoms with E-state index < -0.39 is 59.8 Å². The number of hydrogen-bond donors (Lipinski definition) is 4. The zero-order valence-electron chi connectivity index (χ0n) is 41.4. The Hall–Kier alpha value is -2.72. The standard InChI is InChI=1S/C54H92O12S/c1-3-5-7-9-11-13-15-17-19-21-22-23-24-25-26-27-28-30-32-34-36-38-40-42-44-62-46-48(47-63-54-52(58)53(66-67(59,60)61)51(57)49(45-55)65-54)64-50(56)43-41-39-37-35-33-31-29-20-18-16-14-12-10-8-6-4-2/h5,7,11,13,17,19,22-23,25-26,28,30,34,36,48-49,51-55,57-58H,3-4,6,8-10,12,14-16,18,20-21,24,27,29,31-33,35,37-47H2,1-2H3,(H,59,60,61)/b7-5-,13-11-,19-17-,23-22-,26-25-,30-28-,36-34-. The van der Waals surface area contributed by atoms with Gasteiger partial charge in [-0.05, 0) is 70.6 Å². The summed E-state index contributed by atoms with van der Waals surface area (Å²) in [5.74, 6) is -0.416. The lowest BCUT2D eigenvalue weighted by Gasteiger charge is -2.41. The molecule has 0 aromatic heterocycles. The van der Waals surface area contributed by atoms with Crippen LogP contribution in [0.1, 0.15) is 187 Å². The Bertz CT molecular complexity index is 1490. The van der Waals surface area contributed by atoms with E-state index in [1.807, 2.05) is 0 Å². The number of hydrogen-bond acceptors (Lipinski definition) is 11. The van der Waals surface area contributed by atoms with E-state index in [1.54, 1.807) is 0 Å². The van der Waals surface area contributed by atoms with E-state index in [9.17, 15) is 33.1 Å². The minimum Gasteiger partial charge on any atom is -0.457 e.